The van der Waals surface area contributed by atoms with Gasteiger partial charge in [-0.25, -0.2) is 0 Å². The lowest BCUT2D eigenvalue weighted by Crippen LogP contribution is -2.21. The molecule has 0 heterocycles. The van der Waals surface area contributed by atoms with E-state index in [-0.39, 0.29) is 0 Å². The minimum absolute atomic E-state index is 0.380. The Labute approximate surface area is 108 Å². The summed E-state index contributed by atoms with van der Waals surface area (Å²) in [7, 11) is 3.28. The summed E-state index contributed by atoms with van der Waals surface area (Å²) < 4.78 is 10.5. The van der Waals surface area contributed by atoms with Crippen LogP contribution < -0.4 is 15.0 Å². The number of rotatable bonds is 6. The average Bonchev–Trinajstić information content (AvgIpc) is 2.91. The van der Waals surface area contributed by atoms with E-state index < -0.39 is 0 Å². The van der Waals surface area contributed by atoms with E-state index in [4.69, 9.17) is 14.3 Å². The summed E-state index contributed by atoms with van der Waals surface area (Å²) in [4.78, 5) is 5.61. The van der Waals surface area contributed by atoms with Crippen LogP contribution in [0, 0.1) is 0 Å². The molecule has 2 rings (SSSR count). The molecule has 0 aliphatic heterocycles. The van der Waals surface area contributed by atoms with Gasteiger partial charge in [-0.3, -0.25) is 4.84 Å². The molecular weight excluding hydrogens is 230 g/mol. The van der Waals surface area contributed by atoms with Crippen LogP contribution in [0.5, 0.6) is 11.5 Å². The van der Waals surface area contributed by atoms with E-state index in [1.165, 1.54) is 25.7 Å². The van der Waals surface area contributed by atoms with Crippen molar-refractivity contribution in [1.82, 2.24) is 5.48 Å². The van der Waals surface area contributed by atoms with Crippen molar-refractivity contribution in [2.45, 2.75) is 38.3 Å². The Hall–Kier alpha value is -1.26. The molecule has 4 heteroatoms. The molecule has 0 amide bonds. The Morgan fingerprint density at radius 3 is 2.50 bits per heavy atom. The van der Waals surface area contributed by atoms with E-state index in [0.29, 0.717) is 12.6 Å². The smallest absolute Gasteiger partial charge is 0.161 e. The number of ether oxygens (including phenoxy) is 2. The van der Waals surface area contributed by atoms with Crippen molar-refractivity contribution in [2.24, 2.45) is 0 Å². The molecule has 100 valence electrons. The molecule has 1 aliphatic rings. The molecule has 0 spiro atoms. The van der Waals surface area contributed by atoms with Crippen LogP contribution in [0.15, 0.2) is 18.2 Å². The second-order valence-electron chi connectivity index (χ2n) is 4.53. The molecule has 1 aromatic carbocycles. The van der Waals surface area contributed by atoms with Gasteiger partial charge in [0.15, 0.2) is 11.5 Å². The molecule has 0 aromatic heterocycles. The summed E-state index contributed by atoms with van der Waals surface area (Å²) >= 11 is 0. The number of hydroxylamine groups is 1. The third kappa shape index (κ3) is 3.37. The molecule has 1 aromatic rings. The molecule has 1 aliphatic carbocycles. The highest BCUT2D eigenvalue weighted by atomic mass is 16.7. The number of hydrogen-bond donors (Lipinski definition) is 1. The highest BCUT2D eigenvalue weighted by Crippen LogP contribution is 2.27. The zero-order chi connectivity index (χ0) is 12.8. The Bertz CT molecular complexity index is 375. The minimum atomic E-state index is 0.380. The van der Waals surface area contributed by atoms with E-state index in [2.05, 4.69) is 5.48 Å². The Morgan fingerprint density at radius 2 is 1.83 bits per heavy atom. The third-order valence-electron chi connectivity index (χ3n) is 3.28. The van der Waals surface area contributed by atoms with Gasteiger partial charge in [-0.15, -0.1) is 0 Å². The van der Waals surface area contributed by atoms with Crippen LogP contribution in [0.3, 0.4) is 0 Å². The summed E-state index contributed by atoms with van der Waals surface area (Å²) in [6.07, 6.45) is 5.27. The molecule has 0 radical (unpaired) electrons. The first-order valence-corrected chi connectivity index (χ1v) is 6.43. The zero-order valence-electron chi connectivity index (χ0n) is 11.1. The first kappa shape index (κ1) is 13.2. The summed E-state index contributed by atoms with van der Waals surface area (Å²) in [6, 6.07) is 5.88. The largest absolute Gasteiger partial charge is 0.493 e. The Morgan fingerprint density at radius 1 is 1.11 bits per heavy atom. The molecule has 0 atom stereocenters. The van der Waals surface area contributed by atoms with Crippen LogP contribution in [-0.4, -0.2) is 20.3 Å². The van der Waals surface area contributed by atoms with Crippen molar-refractivity contribution >= 4 is 0 Å². The average molecular weight is 251 g/mol. The Balaban J connectivity index is 1.84. The molecule has 1 fully saturated rings. The SMILES string of the molecule is COc1ccc(CNOC2CCCC2)cc1OC. The highest BCUT2D eigenvalue weighted by molar-refractivity contribution is 5.42. The van der Waals surface area contributed by atoms with Crippen molar-refractivity contribution in [3.63, 3.8) is 0 Å². The van der Waals surface area contributed by atoms with Crippen LogP contribution in [0.1, 0.15) is 31.2 Å². The maximum absolute atomic E-state index is 5.61. The van der Waals surface area contributed by atoms with Crippen LogP contribution in [0.2, 0.25) is 0 Å². The number of benzene rings is 1. The van der Waals surface area contributed by atoms with Gasteiger partial charge in [-0.05, 0) is 30.5 Å². The molecule has 0 saturated heterocycles. The second-order valence-corrected chi connectivity index (χ2v) is 4.53. The van der Waals surface area contributed by atoms with Gasteiger partial charge in [-0.2, -0.15) is 5.48 Å². The van der Waals surface area contributed by atoms with Gasteiger partial charge < -0.3 is 9.47 Å². The fourth-order valence-corrected chi connectivity index (χ4v) is 2.24. The van der Waals surface area contributed by atoms with E-state index in [1.54, 1.807) is 14.2 Å². The van der Waals surface area contributed by atoms with Gasteiger partial charge in [0.1, 0.15) is 0 Å². The van der Waals surface area contributed by atoms with Crippen molar-refractivity contribution in [1.29, 1.82) is 0 Å². The fraction of sp³-hybridized carbons (Fsp3) is 0.571. The van der Waals surface area contributed by atoms with E-state index in [9.17, 15) is 0 Å². The van der Waals surface area contributed by atoms with Crippen LogP contribution in [-0.2, 0) is 11.4 Å². The number of hydrogen-bond acceptors (Lipinski definition) is 4. The molecule has 0 unspecified atom stereocenters. The lowest BCUT2D eigenvalue weighted by Gasteiger charge is -2.13. The van der Waals surface area contributed by atoms with Crippen molar-refractivity contribution in [3.05, 3.63) is 23.8 Å². The van der Waals surface area contributed by atoms with Gasteiger partial charge in [0.25, 0.3) is 0 Å². The monoisotopic (exact) mass is 251 g/mol. The first-order chi connectivity index (χ1) is 8.83. The van der Waals surface area contributed by atoms with Crippen LogP contribution in [0.25, 0.3) is 0 Å². The standard InChI is InChI=1S/C14H21NO3/c1-16-13-8-7-11(9-14(13)17-2)10-15-18-12-5-3-4-6-12/h7-9,12,15H,3-6,10H2,1-2H3. The van der Waals surface area contributed by atoms with Crippen LogP contribution >= 0.6 is 0 Å². The summed E-state index contributed by atoms with van der Waals surface area (Å²) in [5.74, 6) is 1.50. The fourth-order valence-electron chi connectivity index (χ4n) is 2.24. The number of nitrogens with one attached hydrogen (secondary N) is 1. The Kier molecular flexibility index (Phi) is 4.84. The highest BCUT2D eigenvalue weighted by Gasteiger charge is 2.15. The van der Waals surface area contributed by atoms with Crippen molar-refractivity contribution in [2.75, 3.05) is 14.2 Å². The summed E-state index contributed by atoms with van der Waals surface area (Å²) in [5, 5.41) is 0. The molecule has 18 heavy (non-hydrogen) atoms. The molecule has 0 bridgehead atoms. The topological polar surface area (TPSA) is 39.7 Å². The van der Waals surface area contributed by atoms with Gasteiger partial charge >= 0.3 is 0 Å². The van der Waals surface area contributed by atoms with Gasteiger partial charge in [0.2, 0.25) is 0 Å². The molecule has 1 saturated carbocycles. The second kappa shape index (κ2) is 6.61. The maximum Gasteiger partial charge on any atom is 0.161 e. The predicted octanol–water partition coefficient (Wildman–Crippen LogP) is 2.67. The number of methoxy groups -OCH3 is 2. The zero-order valence-corrected chi connectivity index (χ0v) is 11.1. The van der Waals surface area contributed by atoms with E-state index in [0.717, 1.165) is 17.1 Å². The minimum Gasteiger partial charge on any atom is -0.493 e. The van der Waals surface area contributed by atoms with Gasteiger partial charge in [-0.1, -0.05) is 18.9 Å². The maximum atomic E-state index is 5.61. The molecule has 1 N–H and O–H groups in total. The van der Waals surface area contributed by atoms with E-state index >= 15 is 0 Å². The third-order valence-corrected chi connectivity index (χ3v) is 3.28. The lowest BCUT2D eigenvalue weighted by molar-refractivity contribution is -0.0244. The quantitative estimate of drug-likeness (QED) is 0.789. The van der Waals surface area contributed by atoms with Gasteiger partial charge in [0.05, 0.1) is 20.3 Å². The summed E-state index contributed by atoms with van der Waals surface area (Å²) in [5.41, 5.74) is 4.15. The molecular formula is C14H21NO3. The predicted molar refractivity (Wildman–Crippen MR) is 69.7 cm³/mol. The van der Waals surface area contributed by atoms with Gasteiger partial charge in [0, 0.05) is 6.54 Å². The first-order valence-electron chi connectivity index (χ1n) is 6.43. The lowest BCUT2D eigenvalue weighted by atomic mass is 10.2. The normalized spacial score (nSPS) is 15.9. The summed E-state index contributed by atoms with van der Waals surface area (Å²) in [6.45, 7) is 0.677. The van der Waals surface area contributed by atoms with Crippen LogP contribution in [0.4, 0.5) is 0 Å². The van der Waals surface area contributed by atoms with E-state index in [1.807, 2.05) is 18.2 Å². The van der Waals surface area contributed by atoms with Crippen molar-refractivity contribution in [3.8, 4) is 11.5 Å². The van der Waals surface area contributed by atoms with Crippen molar-refractivity contribution < 1.29 is 14.3 Å². The molecule has 4 nitrogen and oxygen atoms in total.